The SMILES string of the molecule is Cc1ccc(OC(C)CNC(=O)CC(C)C2CCNCC2)cc1.Cl. The van der Waals surface area contributed by atoms with Crippen LogP contribution in [-0.4, -0.2) is 31.6 Å². The molecule has 0 aliphatic carbocycles. The van der Waals surface area contributed by atoms with Gasteiger partial charge in [-0.1, -0.05) is 24.6 Å². The molecule has 2 N–H and O–H groups in total. The van der Waals surface area contributed by atoms with Crippen LogP contribution in [0.2, 0.25) is 0 Å². The van der Waals surface area contributed by atoms with Crippen molar-refractivity contribution in [3.63, 3.8) is 0 Å². The van der Waals surface area contributed by atoms with Gasteiger partial charge in [0.25, 0.3) is 0 Å². The zero-order chi connectivity index (χ0) is 16.7. The number of amides is 1. The first-order valence-corrected chi connectivity index (χ1v) is 8.75. The van der Waals surface area contributed by atoms with E-state index in [2.05, 4.69) is 24.5 Å². The number of piperidine rings is 1. The highest BCUT2D eigenvalue weighted by atomic mass is 35.5. The fraction of sp³-hybridized carbons (Fsp3) is 0.632. The Labute approximate surface area is 152 Å². The van der Waals surface area contributed by atoms with Gasteiger partial charge in [0.15, 0.2) is 0 Å². The molecule has 1 amide bonds. The molecule has 1 aliphatic rings. The van der Waals surface area contributed by atoms with Crippen LogP contribution in [-0.2, 0) is 4.79 Å². The first kappa shape index (κ1) is 20.8. The Hall–Kier alpha value is -1.26. The van der Waals surface area contributed by atoms with Crippen LogP contribution in [0.15, 0.2) is 24.3 Å². The van der Waals surface area contributed by atoms with Crippen molar-refractivity contribution in [1.82, 2.24) is 10.6 Å². The van der Waals surface area contributed by atoms with Crippen LogP contribution in [0.4, 0.5) is 0 Å². The standard InChI is InChI=1S/C19H30N2O2.ClH/c1-14-4-6-18(7-5-14)23-16(3)13-21-19(22)12-15(2)17-8-10-20-11-9-17;/h4-7,15-17,20H,8-13H2,1-3H3,(H,21,22);1H. The third-order valence-corrected chi connectivity index (χ3v) is 4.64. The lowest BCUT2D eigenvalue weighted by Crippen LogP contribution is -2.36. The Balaban J connectivity index is 0.00000288. The van der Waals surface area contributed by atoms with Gasteiger partial charge >= 0.3 is 0 Å². The van der Waals surface area contributed by atoms with Crippen molar-refractivity contribution < 1.29 is 9.53 Å². The Morgan fingerprint density at radius 1 is 1.25 bits per heavy atom. The molecular formula is C19H31ClN2O2. The minimum Gasteiger partial charge on any atom is -0.489 e. The molecule has 0 saturated carbocycles. The fourth-order valence-corrected chi connectivity index (χ4v) is 3.09. The molecule has 1 aliphatic heterocycles. The largest absolute Gasteiger partial charge is 0.489 e. The number of ether oxygens (including phenoxy) is 1. The Morgan fingerprint density at radius 2 is 1.88 bits per heavy atom. The summed E-state index contributed by atoms with van der Waals surface area (Å²) in [7, 11) is 0. The maximum atomic E-state index is 12.1. The molecule has 1 aromatic rings. The predicted molar refractivity (Wildman–Crippen MR) is 101 cm³/mol. The van der Waals surface area contributed by atoms with Gasteiger partial charge in [0.2, 0.25) is 5.91 Å². The molecule has 0 radical (unpaired) electrons. The predicted octanol–water partition coefficient (Wildman–Crippen LogP) is 3.33. The summed E-state index contributed by atoms with van der Waals surface area (Å²) in [6.45, 7) is 8.94. The van der Waals surface area contributed by atoms with Gasteiger partial charge in [0.1, 0.15) is 11.9 Å². The number of carbonyl (C=O) groups excluding carboxylic acids is 1. The highest BCUT2D eigenvalue weighted by Gasteiger charge is 2.22. The number of nitrogens with one attached hydrogen (secondary N) is 2. The minimum atomic E-state index is -0.0316. The monoisotopic (exact) mass is 354 g/mol. The van der Waals surface area contributed by atoms with Gasteiger partial charge in [0.05, 0.1) is 6.54 Å². The van der Waals surface area contributed by atoms with Crippen molar-refractivity contribution in [3.8, 4) is 5.75 Å². The summed E-state index contributed by atoms with van der Waals surface area (Å²) in [5.74, 6) is 2.10. The van der Waals surface area contributed by atoms with E-state index in [0.717, 1.165) is 18.8 Å². The van der Waals surface area contributed by atoms with E-state index < -0.39 is 0 Å². The van der Waals surface area contributed by atoms with E-state index in [9.17, 15) is 4.79 Å². The van der Waals surface area contributed by atoms with Crippen molar-refractivity contribution in [1.29, 1.82) is 0 Å². The van der Waals surface area contributed by atoms with Gasteiger partial charge in [-0.15, -0.1) is 12.4 Å². The van der Waals surface area contributed by atoms with Gasteiger partial charge in [-0.3, -0.25) is 4.79 Å². The summed E-state index contributed by atoms with van der Waals surface area (Å²) in [4.78, 5) is 12.1. The molecule has 2 unspecified atom stereocenters. The summed E-state index contributed by atoms with van der Waals surface area (Å²) in [5, 5.41) is 6.38. The molecule has 136 valence electrons. The molecule has 0 bridgehead atoms. The average Bonchev–Trinajstić information content (AvgIpc) is 2.56. The van der Waals surface area contributed by atoms with Crippen LogP contribution in [0.25, 0.3) is 0 Å². The maximum Gasteiger partial charge on any atom is 0.220 e. The highest BCUT2D eigenvalue weighted by Crippen LogP contribution is 2.24. The van der Waals surface area contributed by atoms with Crippen molar-refractivity contribution in [2.75, 3.05) is 19.6 Å². The Kier molecular flexibility index (Phi) is 9.16. The second-order valence-corrected chi connectivity index (χ2v) is 6.81. The van der Waals surface area contributed by atoms with Crippen molar-refractivity contribution in [2.24, 2.45) is 11.8 Å². The average molecular weight is 355 g/mol. The summed E-state index contributed by atoms with van der Waals surface area (Å²) < 4.78 is 5.82. The molecule has 1 fully saturated rings. The Morgan fingerprint density at radius 3 is 2.50 bits per heavy atom. The van der Waals surface area contributed by atoms with Crippen LogP contribution in [0, 0.1) is 18.8 Å². The van der Waals surface area contributed by atoms with Gasteiger partial charge < -0.3 is 15.4 Å². The summed E-state index contributed by atoms with van der Waals surface area (Å²) in [6.07, 6.45) is 2.95. The third kappa shape index (κ3) is 7.10. The molecule has 0 spiro atoms. The minimum absolute atomic E-state index is 0. The number of benzene rings is 1. The second kappa shape index (κ2) is 10.6. The van der Waals surface area contributed by atoms with Gasteiger partial charge in [0, 0.05) is 6.42 Å². The molecule has 2 atom stereocenters. The fourth-order valence-electron chi connectivity index (χ4n) is 3.09. The van der Waals surface area contributed by atoms with Gasteiger partial charge in [-0.2, -0.15) is 0 Å². The first-order valence-electron chi connectivity index (χ1n) is 8.75. The van der Waals surface area contributed by atoms with E-state index in [-0.39, 0.29) is 24.4 Å². The zero-order valence-electron chi connectivity index (χ0n) is 15.0. The number of aryl methyl sites for hydroxylation is 1. The van der Waals surface area contributed by atoms with Crippen molar-refractivity contribution in [2.45, 2.75) is 46.1 Å². The molecule has 4 nitrogen and oxygen atoms in total. The molecular weight excluding hydrogens is 324 g/mol. The van der Waals surface area contributed by atoms with Gasteiger partial charge in [-0.05, 0) is 63.7 Å². The smallest absolute Gasteiger partial charge is 0.220 e. The lowest BCUT2D eigenvalue weighted by molar-refractivity contribution is -0.122. The van der Waals surface area contributed by atoms with E-state index in [1.165, 1.54) is 18.4 Å². The summed E-state index contributed by atoms with van der Waals surface area (Å²) in [6, 6.07) is 7.99. The maximum absolute atomic E-state index is 12.1. The van der Waals surface area contributed by atoms with E-state index in [0.29, 0.717) is 24.8 Å². The number of halogens is 1. The molecule has 5 heteroatoms. The van der Waals surface area contributed by atoms with Crippen LogP contribution in [0.1, 0.15) is 38.7 Å². The van der Waals surface area contributed by atoms with E-state index in [1.807, 2.05) is 31.2 Å². The molecule has 1 saturated heterocycles. The summed E-state index contributed by atoms with van der Waals surface area (Å²) in [5.41, 5.74) is 1.21. The molecule has 0 aromatic heterocycles. The second-order valence-electron chi connectivity index (χ2n) is 6.81. The lowest BCUT2D eigenvalue weighted by atomic mass is 9.84. The Bertz CT molecular complexity index is 487. The first-order chi connectivity index (χ1) is 11.0. The zero-order valence-corrected chi connectivity index (χ0v) is 15.8. The van der Waals surface area contributed by atoms with Crippen molar-refractivity contribution in [3.05, 3.63) is 29.8 Å². The van der Waals surface area contributed by atoms with E-state index in [4.69, 9.17) is 4.74 Å². The molecule has 1 aromatic carbocycles. The van der Waals surface area contributed by atoms with E-state index in [1.54, 1.807) is 0 Å². The highest BCUT2D eigenvalue weighted by molar-refractivity contribution is 5.85. The number of hydrogen-bond acceptors (Lipinski definition) is 3. The van der Waals surface area contributed by atoms with E-state index >= 15 is 0 Å². The van der Waals surface area contributed by atoms with Crippen LogP contribution in [0.5, 0.6) is 5.75 Å². The van der Waals surface area contributed by atoms with Crippen molar-refractivity contribution >= 4 is 18.3 Å². The molecule has 24 heavy (non-hydrogen) atoms. The normalized spacial score (nSPS) is 17.5. The van der Waals surface area contributed by atoms with Crippen LogP contribution >= 0.6 is 12.4 Å². The number of carbonyl (C=O) groups is 1. The quantitative estimate of drug-likeness (QED) is 0.789. The topological polar surface area (TPSA) is 50.4 Å². The molecule has 1 heterocycles. The third-order valence-electron chi connectivity index (χ3n) is 4.64. The van der Waals surface area contributed by atoms with Gasteiger partial charge in [-0.25, -0.2) is 0 Å². The molecule has 2 rings (SSSR count). The summed E-state index contributed by atoms with van der Waals surface area (Å²) >= 11 is 0. The number of hydrogen-bond donors (Lipinski definition) is 2. The lowest BCUT2D eigenvalue weighted by Gasteiger charge is -2.28. The van der Waals surface area contributed by atoms with Crippen LogP contribution < -0.4 is 15.4 Å². The number of rotatable bonds is 7. The van der Waals surface area contributed by atoms with Crippen LogP contribution in [0.3, 0.4) is 0 Å².